The molecule has 7 nitrogen and oxygen atoms in total. The highest BCUT2D eigenvalue weighted by Crippen LogP contribution is 2.23. The maximum absolute atomic E-state index is 14.3. The van der Waals surface area contributed by atoms with Gasteiger partial charge in [0.25, 0.3) is 11.8 Å². The van der Waals surface area contributed by atoms with Gasteiger partial charge in [0.2, 0.25) is 5.82 Å². The van der Waals surface area contributed by atoms with Crippen LogP contribution in [-0.2, 0) is 13.5 Å². The lowest BCUT2D eigenvalue weighted by atomic mass is 10.1. The van der Waals surface area contributed by atoms with E-state index in [4.69, 9.17) is 4.74 Å². The number of ether oxygens (including phenoxy) is 1. The maximum atomic E-state index is 14.3. The molecule has 0 aliphatic carbocycles. The van der Waals surface area contributed by atoms with Crippen LogP contribution < -0.4 is 4.74 Å². The van der Waals surface area contributed by atoms with E-state index in [2.05, 4.69) is 15.1 Å². The quantitative estimate of drug-likeness (QED) is 0.664. The van der Waals surface area contributed by atoms with Crippen molar-refractivity contribution >= 4 is 5.91 Å². The average Bonchev–Trinajstić information content (AvgIpc) is 3.36. The first-order chi connectivity index (χ1) is 14.1. The Balaban J connectivity index is 1.46. The van der Waals surface area contributed by atoms with Gasteiger partial charge in [-0.25, -0.2) is 4.98 Å². The standard InChI is InChI=1S/C21H22FN5O2/c1-3-16-19(22)20(24-13-23-16)29-15-9-10-27(12-15)21(28)18-11-17(25-26(18)2)14-7-5-4-6-8-14/h4-8,11,13,15H,3,9-10,12H2,1-2H3/t15-/m0/s1. The monoisotopic (exact) mass is 395 g/mol. The summed E-state index contributed by atoms with van der Waals surface area (Å²) in [5.41, 5.74) is 2.53. The fraction of sp³-hybridized carbons (Fsp3) is 0.333. The summed E-state index contributed by atoms with van der Waals surface area (Å²) < 4.78 is 21.6. The predicted octanol–water partition coefficient (Wildman–Crippen LogP) is 2.87. The van der Waals surface area contributed by atoms with Crippen molar-refractivity contribution in [3.8, 4) is 17.1 Å². The van der Waals surface area contributed by atoms with Crippen LogP contribution >= 0.6 is 0 Å². The molecule has 3 heterocycles. The highest BCUT2D eigenvalue weighted by molar-refractivity contribution is 5.94. The van der Waals surface area contributed by atoms with Gasteiger partial charge in [-0.2, -0.15) is 14.5 Å². The summed E-state index contributed by atoms with van der Waals surface area (Å²) in [4.78, 5) is 22.5. The number of aryl methyl sites for hydroxylation is 2. The topological polar surface area (TPSA) is 73.1 Å². The van der Waals surface area contributed by atoms with Crippen LogP contribution in [0.15, 0.2) is 42.7 Å². The summed E-state index contributed by atoms with van der Waals surface area (Å²) in [7, 11) is 1.76. The van der Waals surface area contributed by atoms with Gasteiger partial charge in [0.1, 0.15) is 18.1 Å². The summed E-state index contributed by atoms with van der Waals surface area (Å²) >= 11 is 0. The number of hydrogen-bond acceptors (Lipinski definition) is 5. The lowest BCUT2D eigenvalue weighted by Crippen LogP contribution is -2.32. The highest BCUT2D eigenvalue weighted by Gasteiger charge is 2.31. The molecular weight excluding hydrogens is 373 g/mol. The van der Waals surface area contributed by atoms with Crippen molar-refractivity contribution < 1.29 is 13.9 Å². The van der Waals surface area contributed by atoms with Gasteiger partial charge in [-0.15, -0.1) is 0 Å². The minimum Gasteiger partial charge on any atom is -0.470 e. The minimum absolute atomic E-state index is 0.0527. The molecule has 1 fully saturated rings. The highest BCUT2D eigenvalue weighted by atomic mass is 19.1. The third-order valence-electron chi connectivity index (χ3n) is 5.04. The van der Waals surface area contributed by atoms with E-state index >= 15 is 0 Å². The Labute approximate surface area is 168 Å². The van der Waals surface area contributed by atoms with E-state index < -0.39 is 5.82 Å². The molecule has 0 unspecified atom stereocenters. The molecule has 1 atom stereocenters. The number of likely N-dealkylation sites (tertiary alicyclic amines) is 1. The van der Waals surface area contributed by atoms with Gasteiger partial charge in [0, 0.05) is 25.6 Å². The molecule has 1 saturated heterocycles. The van der Waals surface area contributed by atoms with E-state index in [0.717, 1.165) is 11.3 Å². The molecule has 1 aliphatic rings. The van der Waals surface area contributed by atoms with Gasteiger partial charge >= 0.3 is 0 Å². The second kappa shape index (κ2) is 7.98. The predicted molar refractivity (Wildman–Crippen MR) is 105 cm³/mol. The number of benzene rings is 1. The zero-order valence-electron chi connectivity index (χ0n) is 16.4. The van der Waals surface area contributed by atoms with Crippen molar-refractivity contribution in [1.29, 1.82) is 0 Å². The van der Waals surface area contributed by atoms with Gasteiger partial charge in [-0.1, -0.05) is 37.3 Å². The van der Waals surface area contributed by atoms with E-state index in [1.165, 1.54) is 6.33 Å². The molecular formula is C21H22FN5O2. The van der Waals surface area contributed by atoms with Crippen molar-refractivity contribution in [1.82, 2.24) is 24.6 Å². The molecule has 0 spiro atoms. The van der Waals surface area contributed by atoms with Crippen LogP contribution in [0.2, 0.25) is 0 Å². The Morgan fingerprint density at radius 2 is 2.07 bits per heavy atom. The van der Waals surface area contributed by atoms with Crippen LogP contribution in [0.3, 0.4) is 0 Å². The van der Waals surface area contributed by atoms with E-state index in [1.54, 1.807) is 22.7 Å². The van der Waals surface area contributed by atoms with Crippen LogP contribution in [0.25, 0.3) is 11.3 Å². The second-order valence-electron chi connectivity index (χ2n) is 6.98. The molecule has 29 heavy (non-hydrogen) atoms. The molecule has 3 aromatic rings. The summed E-state index contributed by atoms with van der Waals surface area (Å²) in [6.07, 6.45) is 2.06. The fourth-order valence-electron chi connectivity index (χ4n) is 3.46. The third kappa shape index (κ3) is 3.83. The number of nitrogens with zero attached hydrogens (tertiary/aromatic N) is 5. The summed E-state index contributed by atoms with van der Waals surface area (Å²) in [5, 5.41) is 4.46. The Morgan fingerprint density at radius 1 is 1.28 bits per heavy atom. The zero-order valence-corrected chi connectivity index (χ0v) is 16.4. The molecule has 0 saturated carbocycles. The molecule has 0 N–H and O–H groups in total. The van der Waals surface area contributed by atoms with Gasteiger partial charge < -0.3 is 9.64 Å². The van der Waals surface area contributed by atoms with Gasteiger partial charge in [-0.05, 0) is 12.5 Å². The summed E-state index contributed by atoms with van der Waals surface area (Å²) in [5.74, 6) is -0.701. The Kier molecular flexibility index (Phi) is 5.24. The molecule has 4 rings (SSSR count). The molecule has 1 amide bonds. The average molecular weight is 395 g/mol. The minimum atomic E-state index is -0.529. The van der Waals surface area contributed by atoms with Crippen molar-refractivity contribution in [3.63, 3.8) is 0 Å². The largest absolute Gasteiger partial charge is 0.470 e. The molecule has 8 heteroatoms. The Morgan fingerprint density at radius 3 is 2.83 bits per heavy atom. The lowest BCUT2D eigenvalue weighted by Gasteiger charge is -2.17. The molecule has 0 radical (unpaired) electrons. The number of halogens is 1. The van der Waals surface area contributed by atoms with Crippen LogP contribution in [0.5, 0.6) is 5.88 Å². The molecule has 0 bridgehead atoms. The van der Waals surface area contributed by atoms with Crippen molar-refractivity contribution in [2.75, 3.05) is 13.1 Å². The lowest BCUT2D eigenvalue weighted by molar-refractivity contribution is 0.0759. The molecule has 2 aromatic heterocycles. The number of amides is 1. The SMILES string of the molecule is CCc1ncnc(O[C@H]2CCN(C(=O)c3cc(-c4ccccc4)nn3C)C2)c1F. The zero-order chi connectivity index (χ0) is 20.4. The fourth-order valence-corrected chi connectivity index (χ4v) is 3.46. The number of carbonyl (C=O) groups excluding carboxylic acids is 1. The van der Waals surface area contributed by atoms with Gasteiger partial charge in [0.15, 0.2) is 0 Å². The second-order valence-corrected chi connectivity index (χ2v) is 6.98. The first kappa shape index (κ1) is 19.0. The van der Waals surface area contributed by atoms with Crippen molar-refractivity contribution in [3.05, 3.63) is 59.9 Å². The smallest absolute Gasteiger partial charge is 0.272 e. The van der Waals surface area contributed by atoms with Crippen LogP contribution in [-0.4, -0.2) is 49.7 Å². The Hall–Kier alpha value is -3.29. The van der Waals surface area contributed by atoms with Crippen LogP contribution in [0, 0.1) is 5.82 Å². The van der Waals surface area contributed by atoms with E-state index in [9.17, 15) is 9.18 Å². The number of rotatable bonds is 5. The van der Waals surface area contributed by atoms with Gasteiger partial charge in [-0.3, -0.25) is 9.48 Å². The van der Waals surface area contributed by atoms with Crippen molar-refractivity contribution in [2.24, 2.45) is 7.05 Å². The summed E-state index contributed by atoms with van der Waals surface area (Å²) in [6.45, 7) is 2.72. The van der Waals surface area contributed by atoms with Crippen LogP contribution in [0.4, 0.5) is 4.39 Å². The molecule has 1 aliphatic heterocycles. The maximum Gasteiger partial charge on any atom is 0.272 e. The number of hydrogen-bond donors (Lipinski definition) is 0. The first-order valence-corrected chi connectivity index (χ1v) is 9.61. The third-order valence-corrected chi connectivity index (χ3v) is 5.04. The summed E-state index contributed by atoms with van der Waals surface area (Å²) in [6, 6.07) is 11.5. The first-order valence-electron chi connectivity index (χ1n) is 9.61. The number of carbonyl (C=O) groups is 1. The van der Waals surface area contributed by atoms with E-state index in [0.29, 0.717) is 37.3 Å². The Bertz CT molecular complexity index is 1020. The van der Waals surface area contributed by atoms with E-state index in [1.807, 2.05) is 37.3 Å². The molecule has 150 valence electrons. The molecule has 1 aromatic carbocycles. The number of aromatic nitrogens is 4. The van der Waals surface area contributed by atoms with E-state index in [-0.39, 0.29) is 17.9 Å². The van der Waals surface area contributed by atoms with Crippen LogP contribution in [0.1, 0.15) is 29.5 Å². The van der Waals surface area contributed by atoms with Gasteiger partial charge in [0.05, 0.1) is 17.9 Å². The normalized spacial score (nSPS) is 16.2. The van der Waals surface area contributed by atoms with Crippen molar-refractivity contribution in [2.45, 2.75) is 25.9 Å².